The summed E-state index contributed by atoms with van der Waals surface area (Å²) in [5, 5.41) is 5.78. The average molecular weight is 547 g/mol. The summed E-state index contributed by atoms with van der Waals surface area (Å²) in [7, 11) is 0. The molecule has 0 unspecified atom stereocenters. The van der Waals surface area contributed by atoms with E-state index in [1.165, 1.54) is 0 Å². The lowest BCUT2D eigenvalue weighted by molar-refractivity contribution is -0.169. The first kappa shape index (κ1) is 28.8. The van der Waals surface area contributed by atoms with Gasteiger partial charge in [0.25, 0.3) is 5.91 Å². The molecule has 1 aromatic carbocycles. The Balaban J connectivity index is 0.000000222. The zero-order valence-corrected chi connectivity index (χ0v) is 23.0. The molecule has 1 aromatic heterocycles. The predicted octanol–water partition coefficient (Wildman–Crippen LogP) is 1.93. The van der Waals surface area contributed by atoms with E-state index >= 15 is 0 Å². The minimum absolute atomic E-state index is 0.164. The zero-order valence-electron chi connectivity index (χ0n) is 23.0. The van der Waals surface area contributed by atoms with Crippen LogP contribution in [0, 0.1) is 5.41 Å². The van der Waals surface area contributed by atoms with E-state index in [0.717, 1.165) is 36.9 Å². The second-order valence-corrected chi connectivity index (χ2v) is 10.4. The lowest BCUT2D eigenvalue weighted by Gasteiger charge is -2.42. The summed E-state index contributed by atoms with van der Waals surface area (Å²) in [5.74, 6) is 0.832. The van der Waals surface area contributed by atoms with Crippen molar-refractivity contribution in [3.05, 3.63) is 77.4 Å². The molecule has 0 bridgehead atoms. The van der Waals surface area contributed by atoms with Crippen molar-refractivity contribution in [2.75, 3.05) is 31.6 Å². The number of piperidine rings is 1. The molecule has 4 heterocycles. The van der Waals surface area contributed by atoms with Gasteiger partial charge in [-0.2, -0.15) is 0 Å². The third-order valence-electron chi connectivity index (χ3n) is 7.08. The fourth-order valence-electron chi connectivity index (χ4n) is 4.60. The summed E-state index contributed by atoms with van der Waals surface area (Å²) >= 11 is 0. The fourth-order valence-corrected chi connectivity index (χ4v) is 4.60. The number of aromatic nitrogens is 1. The number of nitrogens with one attached hydrogen (secondary N) is 2. The molecule has 0 spiro atoms. The van der Waals surface area contributed by atoms with Gasteiger partial charge in [-0.15, -0.1) is 0 Å². The first-order chi connectivity index (χ1) is 19.2. The number of carbonyl (C=O) groups is 2. The lowest BCUT2D eigenvalue weighted by atomic mass is 9.86. The van der Waals surface area contributed by atoms with Gasteiger partial charge in [0, 0.05) is 43.3 Å². The number of anilines is 1. The summed E-state index contributed by atoms with van der Waals surface area (Å²) < 4.78 is 5.10. The van der Waals surface area contributed by atoms with E-state index in [4.69, 9.17) is 21.9 Å². The molecular formula is C29H38N8O3. The topological polar surface area (TPSA) is 174 Å². The molecule has 0 aliphatic carbocycles. The largest absolute Gasteiger partial charge is 0.396 e. The first-order valence-electron chi connectivity index (χ1n) is 13.4. The predicted molar refractivity (Wildman–Crippen MR) is 156 cm³/mol. The van der Waals surface area contributed by atoms with Crippen molar-refractivity contribution >= 4 is 29.2 Å². The first-order valence-corrected chi connectivity index (χ1v) is 13.4. The van der Waals surface area contributed by atoms with Gasteiger partial charge < -0.3 is 37.5 Å². The SMILES string of the molecule is CC1(C(=O)N2CCC[C@@H](N)C2)COC1.CCc1ccnc(NC(=O)c2ccc(/C(N)=C3/NC=CN=C3N)cc2)c1. The van der Waals surface area contributed by atoms with Gasteiger partial charge in [0.2, 0.25) is 5.91 Å². The molecule has 11 heteroatoms. The summed E-state index contributed by atoms with van der Waals surface area (Å²) in [5.41, 5.74) is 20.9. The normalized spacial score (nSPS) is 20.6. The quantitative estimate of drug-likeness (QED) is 0.378. The van der Waals surface area contributed by atoms with Crippen LogP contribution in [0.15, 0.2) is 65.7 Å². The van der Waals surface area contributed by atoms with Gasteiger partial charge in [-0.1, -0.05) is 19.1 Å². The van der Waals surface area contributed by atoms with E-state index in [1.807, 2.05) is 30.9 Å². The standard InChI is InChI=1S/C19H20N6O.C10H18N2O2/c1-2-12-7-8-22-15(11-12)25-19(26)14-5-3-13(4-6-14)16(20)17-18(21)24-10-9-23-17;1-10(6-14-7-10)9(13)12-4-2-3-8(11)5-12/h3-11,23H,2,20H2,1H3,(H2,21,24)(H,22,25,26);8H,2-7,11H2,1H3/b17-16-;/t;8-/m.1/s1. The Morgan fingerprint density at radius 1 is 1.20 bits per heavy atom. The van der Waals surface area contributed by atoms with E-state index in [2.05, 4.69) is 20.6 Å². The number of pyridine rings is 1. The highest BCUT2D eigenvalue weighted by atomic mass is 16.5. The molecule has 8 N–H and O–H groups in total. The molecule has 0 saturated carbocycles. The Morgan fingerprint density at radius 2 is 1.93 bits per heavy atom. The summed E-state index contributed by atoms with van der Waals surface area (Å²) in [6.45, 7) is 6.73. The number of amidine groups is 1. The molecule has 1 atom stereocenters. The van der Waals surface area contributed by atoms with Crippen molar-refractivity contribution in [1.29, 1.82) is 0 Å². The highest BCUT2D eigenvalue weighted by Crippen LogP contribution is 2.30. The van der Waals surface area contributed by atoms with Gasteiger partial charge in [-0.25, -0.2) is 9.98 Å². The monoisotopic (exact) mass is 546 g/mol. The Bertz CT molecular complexity index is 1310. The number of amides is 2. The molecule has 212 valence electrons. The second kappa shape index (κ2) is 12.8. The van der Waals surface area contributed by atoms with E-state index < -0.39 is 0 Å². The number of benzene rings is 1. The Morgan fingerprint density at radius 3 is 2.55 bits per heavy atom. The molecule has 0 radical (unpaired) electrons. The van der Waals surface area contributed by atoms with Crippen LogP contribution in [-0.2, 0) is 16.0 Å². The van der Waals surface area contributed by atoms with Gasteiger partial charge in [0.15, 0.2) is 0 Å². The number of hydrogen-bond acceptors (Lipinski definition) is 9. The average Bonchev–Trinajstić information content (AvgIpc) is 2.96. The third kappa shape index (κ3) is 6.85. The summed E-state index contributed by atoms with van der Waals surface area (Å²) in [6.07, 6.45) is 7.84. The smallest absolute Gasteiger partial charge is 0.256 e. The van der Waals surface area contributed by atoms with Crippen LogP contribution in [-0.4, -0.2) is 59.9 Å². The number of hydrogen-bond donors (Lipinski definition) is 5. The van der Waals surface area contributed by atoms with E-state index in [1.54, 1.807) is 42.9 Å². The number of nitrogens with zero attached hydrogens (tertiary/aromatic N) is 3. The summed E-state index contributed by atoms with van der Waals surface area (Å²) in [6, 6.07) is 10.9. The molecule has 40 heavy (non-hydrogen) atoms. The third-order valence-corrected chi connectivity index (χ3v) is 7.08. The van der Waals surface area contributed by atoms with E-state index in [0.29, 0.717) is 48.4 Å². The number of aryl methyl sites for hydroxylation is 1. The molecule has 2 aromatic rings. The highest BCUT2D eigenvalue weighted by Gasteiger charge is 2.44. The van der Waals surface area contributed by atoms with Crippen molar-refractivity contribution in [3.8, 4) is 0 Å². The van der Waals surface area contributed by atoms with Crippen molar-refractivity contribution in [3.63, 3.8) is 0 Å². The molecule has 2 amide bonds. The van der Waals surface area contributed by atoms with Gasteiger partial charge >= 0.3 is 0 Å². The zero-order chi connectivity index (χ0) is 28.7. The van der Waals surface area contributed by atoms with Crippen molar-refractivity contribution in [2.24, 2.45) is 27.6 Å². The fraction of sp³-hybridized carbons (Fsp3) is 0.379. The number of aliphatic imine (C=N–C) groups is 1. The van der Waals surface area contributed by atoms with Crippen molar-refractivity contribution < 1.29 is 14.3 Å². The number of rotatable bonds is 5. The second-order valence-electron chi connectivity index (χ2n) is 10.4. The molecule has 2 fully saturated rings. The number of likely N-dealkylation sites (tertiary alicyclic amines) is 1. The maximum absolute atomic E-state index is 12.4. The van der Waals surface area contributed by atoms with Crippen LogP contribution < -0.4 is 27.8 Å². The summed E-state index contributed by atoms with van der Waals surface area (Å²) in [4.78, 5) is 34.5. The van der Waals surface area contributed by atoms with Crippen LogP contribution in [0.5, 0.6) is 0 Å². The maximum atomic E-state index is 12.4. The van der Waals surface area contributed by atoms with Crippen LogP contribution in [0.3, 0.4) is 0 Å². The minimum atomic E-state index is -0.267. The van der Waals surface area contributed by atoms with Crippen LogP contribution in [0.4, 0.5) is 5.82 Å². The van der Waals surface area contributed by atoms with E-state index in [9.17, 15) is 9.59 Å². The van der Waals surface area contributed by atoms with Crippen LogP contribution >= 0.6 is 0 Å². The van der Waals surface area contributed by atoms with Gasteiger partial charge in [0.05, 0.1) is 24.3 Å². The number of nitrogens with two attached hydrogens (primary N) is 3. The Kier molecular flexibility index (Phi) is 9.18. The highest BCUT2D eigenvalue weighted by molar-refractivity contribution is 6.05. The van der Waals surface area contributed by atoms with Crippen molar-refractivity contribution in [2.45, 2.75) is 39.2 Å². The van der Waals surface area contributed by atoms with Gasteiger partial charge in [-0.3, -0.25) is 9.59 Å². The molecule has 2 saturated heterocycles. The molecule has 3 aliphatic heterocycles. The lowest BCUT2D eigenvalue weighted by Crippen LogP contribution is -2.56. The van der Waals surface area contributed by atoms with E-state index in [-0.39, 0.29) is 23.3 Å². The minimum Gasteiger partial charge on any atom is -0.396 e. The van der Waals surface area contributed by atoms with Crippen LogP contribution in [0.2, 0.25) is 0 Å². The van der Waals surface area contributed by atoms with Gasteiger partial charge in [-0.05, 0) is 61.6 Å². The molecular weight excluding hydrogens is 508 g/mol. The Hall–Kier alpha value is -4.22. The molecule has 5 rings (SSSR count). The Labute approximate surface area is 234 Å². The van der Waals surface area contributed by atoms with Crippen molar-refractivity contribution in [1.82, 2.24) is 15.2 Å². The number of ether oxygens (including phenoxy) is 1. The molecule has 3 aliphatic rings. The molecule has 11 nitrogen and oxygen atoms in total. The maximum Gasteiger partial charge on any atom is 0.256 e. The van der Waals surface area contributed by atoms with Crippen LogP contribution in [0.25, 0.3) is 5.70 Å². The number of carbonyl (C=O) groups excluding carboxylic acids is 2. The van der Waals surface area contributed by atoms with Crippen LogP contribution in [0.1, 0.15) is 48.2 Å². The van der Waals surface area contributed by atoms with Gasteiger partial charge in [0.1, 0.15) is 17.4 Å².